The predicted octanol–water partition coefficient (Wildman–Crippen LogP) is -1.36. The minimum atomic E-state index is -1.84. The first kappa shape index (κ1) is 32.7. The molecule has 214 valence electrons. The molecule has 1 aromatic rings. The SMILES string of the molecule is CCOc1ccc(C[C@@H](CN(CCN(CC(=O)O)CC(=O)OC)CC(=O)O)N(CC(=O)O)CC(O)O)cc1. The number of nitrogens with zero attached hydrogens (tertiary/aromatic N) is 3. The lowest BCUT2D eigenvalue weighted by molar-refractivity contribution is -0.145. The van der Waals surface area contributed by atoms with Gasteiger partial charge in [-0.2, -0.15) is 0 Å². The molecule has 0 aliphatic rings. The van der Waals surface area contributed by atoms with Gasteiger partial charge in [-0.05, 0) is 31.0 Å². The average Bonchev–Trinajstić information content (AvgIpc) is 2.81. The Labute approximate surface area is 220 Å². The highest BCUT2D eigenvalue weighted by Gasteiger charge is 2.27. The normalized spacial score (nSPS) is 12.2. The van der Waals surface area contributed by atoms with Crippen LogP contribution in [0, 0.1) is 0 Å². The second-order valence-electron chi connectivity index (χ2n) is 8.55. The molecule has 0 fully saturated rings. The standard InChI is InChI=1S/C24H37N3O11/c1-3-38-19-6-4-17(5-7-19)10-18(27(14-22(32)33)15-23(34)35)11-25(12-20(28)29)8-9-26(13-21(30)31)16-24(36)37-2/h4-7,18,22,32-33H,3,8-16H2,1-2H3,(H,28,29)(H,30,31)(H,34,35)/t18-/m0/s1. The van der Waals surface area contributed by atoms with Crippen LogP contribution in [-0.4, -0.2) is 143 Å². The molecule has 0 saturated carbocycles. The number of aliphatic hydroxyl groups is 2. The van der Waals surface area contributed by atoms with Crippen molar-refractivity contribution in [3.05, 3.63) is 29.8 Å². The van der Waals surface area contributed by atoms with E-state index in [4.69, 9.17) is 9.84 Å². The van der Waals surface area contributed by atoms with Crippen LogP contribution in [-0.2, 0) is 30.3 Å². The number of carbonyl (C=O) groups excluding carboxylic acids is 1. The first-order valence-corrected chi connectivity index (χ1v) is 11.9. The van der Waals surface area contributed by atoms with E-state index < -0.39 is 62.4 Å². The number of carboxylic acids is 3. The van der Waals surface area contributed by atoms with Crippen molar-refractivity contribution < 1.29 is 54.2 Å². The Hall–Kier alpha value is -3.30. The number of hydrogen-bond acceptors (Lipinski definition) is 11. The molecule has 1 aromatic carbocycles. The molecule has 0 aliphatic carbocycles. The monoisotopic (exact) mass is 543 g/mol. The molecule has 14 nitrogen and oxygen atoms in total. The van der Waals surface area contributed by atoms with Crippen LogP contribution in [0.2, 0.25) is 0 Å². The van der Waals surface area contributed by atoms with Crippen LogP contribution in [0.5, 0.6) is 5.75 Å². The number of carbonyl (C=O) groups is 4. The van der Waals surface area contributed by atoms with Gasteiger partial charge in [0.1, 0.15) is 5.75 Å². The van der Waals surface area contributed by atoms with Gasteiger partial charge >= 0.3 is 23.9 Å². The zero-order valence-electron chi connectivity index (χ0n) is 21.6. The van der Waals surface area contributed by atoms with Crippen molar-refractivity contribution in [2.45, 2.75) is 25.7 Å². The number of aliphatic hydroxyl groups excluding tert-OH is 1. The van der Waals surface area contributed by atoms with Gasteiger partial charge in [-0.1, -0.05) is 12.1 Å². The van der Waals surface area contributed by atoms with Crippen LogP contribution < -0.4 is 4.74 Å². The Bertz CT molecular complexity index is 895. The highest BCUT2D eigenvalue weighted by atomic mass is 16.5. The van der Waals surface area contributed by atoms with E-state index in [0.717, 1.165) is 12.7 Å². The summed E-state index contributed by atoms with van der Waals surface area (Å²) in [7, 11) is 1.16. The molecule has 0 saturated heterocycles. The maximum absolute atomic E-state index is 11.7. The Morgan fingerprint density at radius 2 is 1.37 bits per heavy atom. The van der Waals surface area contributed by atoms with Crippen molar-refractivity contribution in [2.24, 2.45) is 0 Å². The van der Waals surface area contributed by atoms with Crippen molar-refractivity contribution in [3.8, 4) is 5.75 Å². The van der Waals surface area contributed by atoms with E-state index in [1.807, 2.05) is 6.92 Å². The lowest BCUT2D eigenvalue weighted by Crippen LogP contribution is -2.52. The van der Waals surface area contributed by atoms with Crippen molar-refractivity contribution in [1.29, 1.82) is 0 Å². The second kappa shape index (κ2) is 17.3. The maximum atomic E-state index is 11.7. The number of hydrogen-bond donors (Lipinski definition) is 5. The van der Waals surface area contributed by atoms with Crippen LogP contribution in [0.1, 0.15) is 12.5 Å². The fraction of sp³-hybridized carbons (Fsp3) is 0.583. The number of aliphatic carboxylic acids is 3. The Morgan fingerprint density at radius 3 is 1.87 bits per heavy atom. The Morgan fingerprint density at radius 1 is 0.816 bits per heavy atom. The first-order valence-electron chi connectivity index (χ1n) is 11.9. The average molecular weight is 544 g/mol. The topological polar surface area (TPSA) is 198 Å². The summed E-state index contributed by atoms with van der Waals surface area (Å²) in [5.41, 5.74) is 0.773. The minimum absolute atomic E-state index is 0.00134. The summed E-state index contributed by atoms with van der Waals surface area (Å²) >= 11 is 0. The number of rotatable bonds is 20. The van der Waals surface area contributed by atoms with E-state index in [1.165, 1.54) is 14.7 Å². The molecule has 1 rings (SSSR count). The lowest BCUT2D eigenvalue weighted by Gasteiger charge is -2.35. The molecule has 0 heterocycles. The van der Waals surface area contributed by atoms with Gasteiger partial charge in [-0.25, -0.2) is 0 Å². The Balaban J connectivity index is 3.20. The maximum Gasteiger partial charge on any atom is 0.319 e. The van der Waals surface area contributed by atoms with Crippen molar-refractivity contribution >= 4 is 23.9 Å². The van der Waals surface area contributed by atoms with E-state index >= 15 is 0 Å². The van der Waals surface area contributed by atoms with Crippen molar-refractivity contribution in [1.82, 2.24) is 14.7 Å². The molecule has 0 radical (unpaired) electrons. The van der Waals surface area contributed by atoms with Crippen molar-refractivity contribution in [2.75, 3.05) is 66.1 Å². The van der Waals surface area contributed by atoms with Gasteiger partial charge in [0.15, 0.2) is 6.29 Å². The second-order valence-corrected chi connectivity index (χ2v) is 8.55. The van der Waals surface area contributed by atoms with Crippen molar-refractivity contribution in [3.63, 3.8) is 0 Å². The van der Waals surface area contributed by atoms with E-state index in [2.05, 4.69) is 4.74 Å². The molecule has 38 heavy (non-hydrogen) atoms. The Kier molecular flexibility index (Phi) is 14.9. The third-order valence-electron chi connectivity index (χ3n) is 5.46. The van der Waals surface area contributed by atoms with Gasteiger partial charge in [-0.15, -0.1) is 0 Å². The number of methoxy groups -OCH3 is 1. The molecule has 0 aliphatic heterocycles. The van der Waals surface area contributed by atoms with E-state index in [1.54, 1.807) is 24.3 Å². The molecule has 0 bridgehead atoms. The molecule has 5 N–H and O–H groups in total. The van der Waals surface area contributed by atoms with Crippen LogP contribution >= 0.6 is 0 Å². The number of carboxylic acid groups (broad SMARTS) is 3. The number of esters is 1. The van der Waals surface area contributed by atoms with Gasteiger partial charge in [0.2, 0.25) is 0 Å². The molecule has 0 amide bonds. The minimum Gasteiger partial charge on any atom is -0.494 e. The third-order valence-corrected chi connectivity index (χ3v) is 5.46. The number of ether oxygens (including phenoxy) is 2. The zero-order valence-corrected chi connectivity index (χ0v) is 21.6. The van der Waals surface area contributed by atoms with Gasteiger partial charge in [0, 0.05) is 25.7 Å². The smallest absolute Gasteiger partial charge is 0.319 e. The third kappa shape index (κ3) is 13.9. The molecule has 0 spiro atoms. The zero-order chi connectivity index (χ0) is 28.7. The summed E-state index contributed by atoms with van der Waals surface area (Å²) in [4.78, 5) is 50.1. The van der Waals surface area contributed by atoms with Gasteiger partial charge in [-0.3, -0.25) is 33.9 Å². The van der Waals surface area contributed by atoms with E-state index in [0.29, 0.717) is 12.4 Å². The number of benzene rings is 1. The highest BCUT2D eigenvalue weighted by Crippen LogP contribution is 2.17. The van der Waals surface area contributed by atoms with Gasteiger partial charge in [0.05, 0.1) is 46.4 Å². The van der Waals surface area contributed by atoms with E-state index in [9.17, 15) is 39.6 Å². The molecule has 0 aromatic heterocycles. The van der Waals surface area contributed by atoms with Gasteiger partial charge < -0.3 is 35.0 Å². The molecule has 14 heteroatoms. The molecule has 1 atom stereocenters. The summed E-state index contributed by atoms with van der Waals surface area (Å²) in [5.74, 6) is -3.59. The van der Waals surface area contributed by atoms with Crippen LogP contribution in [0.3, 0.4) is 0 Å². The summed E-state index contributed by atoms with van der Waals surface area (Å²) < 4.78 is 10.0. The van der Waals surface area contributed by atoms with Crippen LogP contribution in [0.25, 0.3) is 0 Å². The van der Waals surface area contributed by atoms with Crippen LogP contribution in [0.15, 0.2) is 24.3 Å². The fourth-order valence-electron chi connectivity index (χ4n) is 3.86. The first-order chi connectivity index (χ1) is 17.9. The molecular weight excluding hydrogens is 506 g/mol. The highest BCUT2D eigenvalue weighted by molar-refractivity contribution is 5.74. The summed E-state index contributed by atoms with van der Waals surface area (Å²) in [5, 5.41) is 47.2. The lowest BCUT2D eigenvalue weighted by atomic mass is 10.0. The summed E-state index contributed by atoms with van der Waals surface area (Å²) in [6.45, 7) is 0.158. The predicted molar refractivity (Wildman–Crippen MR) is 133 cm³/mol. The summed E-state index contributed by atoms with van der Waals surface area (Å²) in [6.07, 6.45) is -1.60. The molecule has 0 unspecified atom stereocenters. The largest absolute Gasteiger partial charge is 0.494 e. The van der Waals surface area contributed by atoms with E-state index in [-0.39, 0.29) is 32.6 Å². The van der Waals surface area contributed by atoms with Crippen LogP contribution in [0.4, 0.5) is 0 Å². The van der Waals surface area contributed by atoms with Gasteiger partial charge in [0.25, 0.3) is 0 Å². The quantitative estimate of drug-likeness (QED) is 0.0954. The summed E-state index contributed by atoms with van der Waals surface area (Å²) in [6, 6.07) is 6.37. The fourth-order valence-corrected chi connectivity index (χ4v) is 3.86. The molecular formula is C24H37N3O11.